The first kappa shape index (κ1) is 7.94. The molecule has 4 heteroatoms. The van der Waals surface area contributed by atoms with Crippen LogP contribution >= 0.6 is 12.6 Å². The molecule has 0 saturated heterocycles. The summed E-state index contributed by atoms with van der Waals surface area (Å²) in [5.74, 6) is 5.19. The van der Waals surface area contributed by atoms with Gasteiger partial charge in [-0.2, -0.15) is 12.6 Å². The fourth-order valence-corrected chi connectivity index (χ4v) is 0.632. The Kier molecular flexibility index (Phi) is 3.85. The first-order chi connectivity index (χ1) is 3.72. The quantitative estimate of drug-likeness (QED) is 0.326. The van der Waals surface area contributed by atoms with Crippen LogP contribution < -0.4 is 5.84 Å². The van der Waals surface area contributed by atoms with Crippen LogP contribution in [0.1, 0.15) is 6.92 Å². The van der Waals surface area contributed by atoms with Gasteiger partial charge in [0.15, 0.2) is 0 Å². The molecule has 2 N–H and O–H groups in total. The molecule has 0 saturated carbocycles. The molecule has 0 bridgehead atoms. The lowest BCUT2D eigenvalue weighted by Gasteiger charge is -2.21. The fraction of sp³-hybridized carbons (Fsp3) is 0.750. The number of hydrogen-bond acceptors (Lipinski definition) is 3. The van der Waals surface area contributed by atoms with Crippen molar-refractivity contribution < 1.29 is 4.79 Å². The van der Waals surface area contributed by atoms with Crippen molar-refractivity contribution in [1.82, 2.24) is 0 Å². The number of rotatable bonds is 3. The summed E-state index contributed by atoms with van der Waals surface area (Å²) in [4.78, 5) is 10.4. The first-order valence-electron chi connectivity index (χ1n) is 2.23. The molecule has 0 radical (unpaired) electrons. The molecule has 0 fully saturated rings. The molecule has 1 atom stereocenters. The highest BCUT2D eigenvalue weighted by atomic mass is 32.1. The van der Waals surface area contributed by atoms with Crippen LogP contribution in [-0.4, -0.2) is 17.6 Å². The maximum absolute atomic E-state index is 10.4. The monoisotopic (exact) mass is 133 g/mol. The van der Waals surface area contributed by atoms with Crippen LogP contribution in [0.4, 0.5) is 0 Å². The van der Waals surface area contributed by atoms with Crippen LogP contribution in [-0.2, 0) is 4.79 Å². The van der Waals surface area contributed by atoms with Crippen LogP contribution in [0.15, 0.2) is 0 Å². The van der Waals surface area contributed by atoms with E-state index < -0.39 is 6.04 Å². The Morgan fingerprint density at radius 1 is 2.00 bits per heavy atom. The molecule has 8 heavy (non-hydrogen) atoms. The average Bonchev–Trinajstić information content (AvgIpc) is 1.69. The summed E-state index contributed by atoms with van der Waals surface area (Å²) >= 11 is 3.84. The molecule has 0 unspecified atom stereocenters. The topological polar surface area (TPSA) is 57.2 Å². The summed E-state index contributed by atoms with van der Waals surface area (Å²) in [6.45, 7) is 1.44. The second-order valence-corrected chi connectivity index (χ2v) is 1.82. The SMILES string of the molecule is CC(=O)[C@H](CS)[N-]N. The Balaban J connectivity index is 3.52. The van der Waals surface area contributed by atoms with Gasteiger partial charge in [0.25, 0.3) is 0 Å². The number of nitrogens with two attached hydrogens (primary N) is 1. The fourth-order valence-electron chi connectivity index (χ4n) is 0.281. The van der Waals surface area contributed by atoms with Gasteiger partial charge in [0, 0.05) is 0 Å². The largest absolute Gasteiger partial charge is 0.591 e. The average molecular weight is 133 g/mol. The summed E-state index contributed by atoms with van der Waals surface area (Å²) in [5.41, 5.74) is 3.28. The van der Waals surface area contributed by atoms with E-state index in [4.69, 9.17) is 5.84 Å². The van der Waals surface area contributed by atoms with Gasteiger partial charge in [-0.05, 0) is 12.7 Å². The van der Waals surface area contributed by atoms with Crippen molar-refractivity contribution in [2.24, 2.45) is 5.84 Å². The Bertz CT molecular complexity index is 82.1. The van der Waals surface area contributed by atoms with E-state index in [-0.39, 0.29) is 5.78 Å². The normalized spacial score (nSPS) is 13.4. The van der Waals surface area contributed by atoms with E-state index in [2.05, 4.69) is 18.1 Å². The van der Waals surface area contributed by atoms with Gasteiger partial charge in [0.05, 0.1) is 0 Å². The smallest absolute Gasteiger partial charge is 0.114 e. The third kappa shape index (κ3) is 2.30. The molecule has 0 amide bonds. The van der Waals surface area contributed by atoms with Crippen molar-refractivity contribution in [1.29, 1.82) is 0 Å². The van der Waals surface area contributed by atoms with Crippen molar-refractivity contribution in [3.05, 3.63) is 5.43 Å². The zero-order valence-electron chi connectivity index (χ0n) is 4.66. The van der Waals surface area contributed by atoms with Gasteiger partial charge >= 0.3 is 0 Å². The van der Waals surface area contributed by atoms with Gasteiger partial charge in [-0.25, -0.2) is 0 Å². The lowest BCUT2D eigenvalue weighted by atomic mass is 10.2. The number of carbonyl (C=O) groups excluding carboxylic acids is 1. The third-order valence-electron chi connectivity index (χ3n) is 0.822. The second-order valence-electron chi connectivity index (χ2n) is 1.46. The lowest BCUT2D eigenvalue weighted by molar-refractivity contribution is -0.117. The van der Waals surface area contributed by atoms with E-state index in [0.717, 1.165) is 0 Å². The molecule has 0 aromatic rings. The Hall–Kier alpha value is -0.0600. The molecule has 0 spiro atoms. The van der Waals surface area contributed by atoms with Crippen molar-refractivity contribution in [3.63, 3.8) is 0 Å². The van der Waals surface area contributed by atoms with E-state index in [9.17, 15) is 4.79 Å². The minimum absolute atomic E-state index is 0.0394. The van der Waals surface area contributed by atoms with Crippen LogP contribution in [0.25, 0.3) is 5.43 Å². The summed E-state index contributed by atoms with van der Waals surface area (Å²) < 4.78 is 0. The molecule has 0 heterocycles. The van der Waals surface area contributed by atoms with Crippen LogP contribution in [0.5, 0.6) is 0 Å². The highest BCUT2D eigenvalue weighted by Crippen LogP contribution is 1.96. The highest BCUT2D eigenvalue weighted by Gasteiger charge is 1.97. The maximum atomic E-state index is 10.4. The van der Waals surface area contributed by atoms with Crippen molar-refractivity contribution in [2.45, 2.75) is 13.0 Å². The van der Waals surface area contributed by atoms with E-state index in [1.54, 1.807) is 0 Å². The Labute approximate surface area is 54.0 Å². The zero-order chi connectivity index (χ0) is 6.57. The number of nitrogens with zero attached hydrogens (tertiary/aromatic N) is 1. The van der Waals surface area contributed by atoms with Crippen molar-refractivity contribution in [3.8, 4) is 0 Å². The molecule has 3 nitrogen and oxygen atoms in total. The van der Waals surface area contributed by atoms with E-state index >= 15 is 0 Å². The molecule has 0 aliphatic heterocycles. The van der Waals surface area contributed by atoms with Gasteiger partial charge in [0.1, 0.15) is 5.78 Å². The van der Waals surface area contributed by atoms with Gasteiger partial charge in [0.2, 0.25) is 0 Å². The summed E-state index contributed by atoms with van der Waals surface area (Å²) in [6.07, 6.45) is 0. The second kappa shape index (κ2) is 3.88. The lowest BCUT2D eigenvalue weighted by Crippen LogP contribution is -2.21. The minimum Gasteiger partial charge on any atom is -0.591 e. The van der Waals surface area contributed by atoms with Crippen molar-refractivity contribution in [2.75, 3.05) is 5.75 Å². The summed E-state index contributed by atoms with van der Waals surface area (Å²) in [6, 6.07) is -0.418. The van der Waals surface area contributed by atoms with Crippen LogP contribution in [0, 0.1) is 0 Å². The summed E-state index contributed by atoms with van der Waals surface area (Å²) in [7, 11) is 0. The summed E-state index contributed by atoms with van der Waals surface area (Å²) in [5, 5.41) is 0. The number of hydrogen-bond donors (Lipinski definition) is 2. The molecule has 0 aromatic heterocycles. The molecular formula is C4H9N2OS-. The standard InChI is InChI=1S/C4H9N2OS/c1-3(7)4(2-8)6-5/h4,8H,2,5H2,1H3/q-1/t4-/m0/s1. The number of Topliss-reactive ketones (excluding diaryl/α,β-unsaturated/α-hetero) is 1. The van der Waals surface area contributed by atoms with Crippen LogP contribution in [0.3, 0.4) is 0 Å². The van der Waals surface area contributed by atoms with Gasteiger partial charge in [-0.1, -0.05) is 6.04 Å². The Morgan fingerprint density at radius 2 is 2.50 bits per heavy atom. The Morgan fingerprint density at radius 3 is 2.50 bits per heavy atom. The molecular weight excluding hydrogens is 124 g/mol. The zero-order valence-corrected chi connectivity index (χ0v) is 5.56. The van der Waals surface area contributed by atoms with E-state index in [1.807, 2.05) is 0 Å². The molecule has 48 valence electrons. The predicted molar refractivity (Wildman–Crippen MR) is 35.9 cm³/mol. The van der Waals surface area contributed by atoms with Gasteiger partial charge in [-0.15, -0.1) is 0 Å². The molecule has 0 aliphatic rings. The van der Waals surface area contributed by atoms with Gasteiger partial charge in [-0.3, -0.25) is 0 Å². The number of ketones is 1. The number of carbonyl (C=O) groups is 1. The molecule has 0 aromatic carbocycles. The van der Waals surface area contributed by atoms with Gasteiger partial charge < -0.3 is 16.1 Å². The van der Waals surface area contributed by atoms with E-state index in [1.165, 1.54) is 6.92 Å². The predicted octanol–water partition coefficient (Wildman–Crippen LogP) is 0.121. The minimum atomic E-state index is -0.418. The maximum Gasteiger partial charge on any atom is 0.114 e. The van der Waals surface area contributed by atoms with Crippen molar-refractivity contribution >= 4 is 18.4 Å². The van der Waals surface area contributed by atoms with Crippen LogP contribution in [0.2, 0.25) is 0 Å². The third-order valence-corrected chi connectivity index (χ3v) is 1.17. The first-order valence-corrected chi connectivity index (χ1v) is 2.87. The molecule has 0 rings (SSSR count). The molecule has 0 aliphatic carbocycles. The highest BCUT2D eigenvalue weighted by molar-refractivity contribution is 7.80. The number of thiol groups is 1. The van der Waals surface area contributed by atoms with E-state index in [0.29, 0.717) is 5.75 Å².